The maximum atomic E-state index is 11.4. The van der Waals surface area contributed by atoms with Gasteiger partial charge in [-0.3, -0.25) is 14.9 Å². The topological polar surface area (TPSA) is 81.5 Å². The Balaban J connectivity index is 2.63. The first-order chi connectivity index (χ1) is 8.40. The standard InChI is InChI=1S/C11H13BrN2O4/c1-7(2)13-11(15)6-18-10-4-3-8(14(16)17)5-9(10)12/h3-5,7H,6H2,1-2H3,(H,13,15). The number of hydrogen-bond acceptors (Lipinski definition) is 4. The predicted molar refractivity (Wildman–Crippen MR) is 69.6 cm³/mol. The van der Waals surface area contributed by atoms with Crippen molar-refractivity contribution < 1.29 is 14.5 Å². The SMILES string of the molecule is CC(C)NC(=O)COc1ccc([N+](=O)[O-])cc1Br. The van der Waals surface area contributed by atoms with E-state index in [4.69, 9.17) is 4.74 Å². The lowest BCUT2D eigenvalue weighted by atomic mass is 10.3. The van der Waals surface area contributed by atoms with Crippen LogP contribution in [-0.2, 0) is 4.79 Å². The highest BCUT2D eigenvalue weighted by Gasteiger charge is 2.11. The van der Waals surface area contributed by atoms with Gasteiger partial charge in [-0.2, -0.15) is 0 Å². The van der Waals surface area contributed by atoms with E-state index in [1.54, 1.807) is 0 Å². The van der Waals surface area contributed by atoms with Gasteiger partial charge in [-0.15, -0.1) is 0 Å². The van der Waals surface area contributed by atoms with Crippen LogP contribution in [0.4, 0.5) is 5.69 Å². The first-order valence-corrected chi connectivity index (χ1v) is 6.05. The quantitative estimate of drug-likeness (QED) is 0.667. The lowest BCUT2D eigenvalue weighted by molar-refractivity contribution is -0.384. The van der Waals surface area contributed by atoms with Crippen LogP contribution in [0.5, 0.6) is 5.75 Å². The molecule has 0 bridgehead atoms. The summed E-state index contributed by atoms with van der Waals surface area (Å²) in [5, 5.41) is 13.2. The number of ether oxygens (including phenoxy) is 1. The Morgan fingerprint density at radius 1 is 1.56 bits per heavy atom. The number of amides is 1. The Labute approximate surface area is 113 Å². The average Bonchev–Trinajstić information content (AvgIpc) is 2.26. The summed E-state index contributed by atoms with van der Waals surface area (Å²) in [4.78, 5) is 21.4. The fraction of sp³-hybridized carbons (Fsp3) is 0.364. The van der Waals surface area contributed by atoms with Gasteiger partial charge in [-0.25, -0.2) is 0 Å². The minimum atomic E-state index is -0.500. The highest BCUT2D eigenvalue weighted by molar-refractivity contribution is 9.10. The Kier molecular flexibility index (Phi) is 5.08. The molecule has 0 aliphatic carbocycles. The van der Waals surface area contributed by atoms with Crippen molar-refractivity contribution in [3.63, 3.8) is 0 Å². The third kappa shape index (κ3) is 4.33. The monoisotopic (exact) mass is 316 g/mol. The fourth-order valence-corrected chi connectivity index (χ4v) is 1.71. The molecule has 1 rings (SSSR count). The van der Waals surface area contributed by atoms with Crippen molar-refractivity contribution in [3.05, 3.63) is 32.8 Å². The molecule has 1 aromatic carbocycles. The number of hydrogen-bond donors (Lipinski definition) is 1. The second kappa shape index (κ2) is 6.34. The van der Waals surface area contributed by atoms with E-state index in [1.807, 2.05) is 13.8 Å². The number of rotatable bonds is 5. The number of non-ortho nitro benzene ring substituents is 1. The molecular weight excluding hydrogens is 304 g/mol. The first-order valence-electron chi connectivity index (χ1n) is 5.26. The molecule has 0 spiro atoms. The van der Waals surface area contributed by atoms with Crippen LogP contribution in [-0.4, -0.2) is 23.5 Å². The lowest BCUT2D eigenvalue weighted by Gasteiger charge is -2.10. The van der Waals surface area contributed by atoms with E-state index in [0.29, 0.717) is 10.2 Å². The summed E-state index contributed by atoms with van der Waals surface area (Å²) in [6.45, 7) is 3.56. The van der Waals surface area contributed by atoms with E-state index < -0.39 is 4.92 Å². The van der Waals surface area contributed by atoms with Crippen LogP contribution < -0.4 is 10.1 Å². The third-order valence-electron chi connectivity index (χ3n) is 1.93. The molecule has 0 heterocycles. The summed E-state index contributed by atoms with van der Waals surface area (Å²) < 4.78 is 5.69. The van der Waals surface area contributed by atoms with Crippen molar-refractivity contribution in [1.82, 2.24) is 5.32 Å². The van der Waals surface area contributed by atoms with Crippen LogP contribution in [0.15, 0.2) is 22.7 Å². The molecule has 0 saturated carbocycles. The van der Waals surface area contributed by atoms with Crippen LogP contribution >= 0.6 is 15.9 Å². The first kappa shape index (κ1) is 14.4. The number of nitrogens with zero attached hydrogens (tertiary/aromatic N) is 1. The number of nitro benzene ring substituents is 1. The smallest absolute Gasteiger partial charge is 0.270 e. The molecule has 6 nitrogen and oxygen atoms in total. The molecule has 98 valence electrons. The minimum absolute atomic E-state index is 0.0409. The number of benzene rings is 1. The van der Waals surface area contributed by atoms with Crippen molar-refractivity contribution in [2.75, 3.05) is 6.61 Å². The molecule has 0 aromatic heterocycles. The largest absolute Gasteiger partial charge is 0.483 e. The molecule has 0 radical (unpaired) electrons. The van der Waals surface area contributed by atoms with E-state index >= 15 is 0 Å². The molecule has 0 fully saturated rings. The number of halogens is 1. The van der Waals surface area contributed by atoms with Gasteiger partial charge in [0.15, 0.2) is 6.61 Å². The number of nitro groups is 1. The normalized spacial score (nSPS) is 10.2. The molecule has 1 amide bonds. The van der Waals surface area contributed by atoms with Crippen molar-refractivity contribution in [2.24, 2.45) is 0 Å². The number of carbonyl (C=O) groups is 1. The Bertz CT molecular complexity index is 462. The van der Waals surface area contributed by atoms with Crippen LogP contribution in [0.2, 0.25) is 0 Å². The van der Waals surface area contributed by atoms with Gasteiger partial charge in [0.1, 0.15) is 5.75 Å². The summed E-state index contributed by atoms with van der Waals surface area (Å²) >= 11 is 3.16. The van der Waals surface area contributed by atoms with Gasteiger partial charge in [-0.1, -0.05) is 0 Å². The van der Waals surface area contributed by atoms with Gasteiger partial charge in [0.25, 0.3) is 11.6 Å². The Morgan fingerprint density at radius 3 is 2.72 bits per heavy atom. The van der Waals surface area contributed by atoms with Gasteiger partial charge in [0, 0.05) is 18.2 Å². The van der Waals surface area contributed by atoms with E-state index in [0.717, 1.165) is 0 Å². The fourth-order valence-electron chi connectivity index (χ4n) is 1.23. The second-order valence-corrected chi connectivity index (χ2v) is 4.74. The van der Waals surface area contributed by atoms with E-state index in [1.165, 1.54) is 18.2 Å². The predicted octanol–water partition coefficient (Wildman–Crippen LogP) is 2.26. The summed E-state index contributed by atoms with van der Waals surface area (Å²) in [5.41, 5.74) is -0.0409. The summed E-state index contributed by atoms with van der Waals surface area (Å²) in [6, 6.07) is 4.14. The van der Waals surface area contributed by atoms with Crippen LogP contribution in [0.1, 0.15) is 13.8 Å². The van der Waals surface area contributed by atoms with Crippen LogP contribution in [0, 0.1) is 10.1 Å². The molecule has 0 unspecified atom stereocenters. The molecule has 0 aliphatic rings. The molecule has 0 saturated heterocycles. The maximum absolute atomic E-state index is 11.4. The molecule has 18 heavy (non-hydrogen) atoms. The highest BCUT2D eigenvalue weighted by Crippen LogP contribution is 2.28. The maximum Gasteiger partial charge on any atom is 0.270 e. The number of carbonyl (C=O) groups excluding carboxylic acids is 1. The second-order valence-electron chi connectivity index (χ2n) is 3.88. The van der Waals surface area contributed by atoms with Crippen molar-refractivity contribution in [2.45, 2.75) is 19.9 Å². The van der Waals surface area contributed by atoms with Crippen molar-refractivity contribution in [3.8, 4) is 5.75 Å². The van der Waals surface area contributed by atoms with Crippen LogP contribution in [0.25, 0.3) is 0 Å². The zero-order chi connectivity index (χ0) is 13.7. The van der Waals surface area contributed by atoms with Gasteiger partial charge < -0.3 is 10.1 Å². The molecule has 1 N–H and O–H groups in total. The molecule has 1 aromatic rings. The van der Waals surface area contributed by atoms with Crippen molar-refractivity contribution in [1.29, 1.82) is 0 Å². The summed E-state index contributed by atoms with van der Waals surface area (Å²) in [6.07, 6.45) is 0. The average molecular weight is 317 g/mol. The van der Waals surface area contributed by atoms with Gasteiger partial charge in [-0.05, 0) is 35.8 Å². The van der Waals surface area contributed by atoms with E-state index in [9.17, 15) is 14.9 Å². The lowest BCUT2D eigenvalue weighted by Crippen LogP contribution is -2.34. The third-order valence-corrected chi connectivity index (χ3v) is 2.55. The van der Waals surface area contributed by atoms with Crippen LogP contribution in [0.3, 0.4) is 0 Å². The zero-order valence-electron chi connectivity index (χ0n) is 9.97. The highest BCUT2D eigenvalue weighted by atomic mass is 79.9. The van der Waals surface area contributed by atoms with Gasteiger partial charge in [0.05, 0.1) is 9.40 Å². The van der Waals surface area contributed by atoms with Crippen molar-refractivity contribution >= 4 is 27.5 Å². The molecular formula is C11H13BrN2O4. The molecule has 7 heteroatoms. The summed E-state index contributed by atoms with van der Waals surface area (Å²) in [7, 11) is 0. The zero-order valence-corrected chi connectivity index (χ0v) is 11.6. The molecule has 0 aliphatic heterocycles. The Hall–Kier alpha value is -1.63. The molecule has 0 atom stereocenters. The number of nitrogens with one attached hydrogen (secondary N) is 1. The van der Waals surface area contributed by atoms with E-state index in [2.05, 4.69) is 21.2 Å². The van der Waals surface area contributed by atoms with E-state index in [-0.39, 0.29) is 24.2 Å². The Morgan fingerprint density at radius 2 is 2.22 bits per heavy atom. The van der Waals surface area contributed by atoms with Gasteiger partial charge in [0.2, 0.25) is 0 Å². The van der Waals surface area contributed by atoms with Gasteiger partial charge >= 0.3 is 0 Å². The minimum Gasteiger partial charge on any atom is -0.483 e. The summed E-state index contributed by atoms with van der Waals surface area (Å²) in [5.74, 6) is 0.148.